The van der Waals surface area contributed by atoms with E-state index in [0.717, 1.165) is 11.5 Å². The topological polar surface area (TPSA) is 73.6 Å². The zero-order chi connectivity index (χ0) is 16.7. The van der Waals surface area contributed by atoms with Gasteiger partial charge in [0, 0.05) is 18.2 Å². The largest absolute Gasteiger partial charge is 0.494 e. The van der Waals surface area contributed by atoms with Crippen LogP contribution in [0.2, 0.25) is 0 Å². The van der Waals surface area contributed by atoms with Crippen molar-refractivity contribution in [1.82, 2.24) is 0 Å². The Morgan fingerprint density at radius 3 is 2.04 bits per heavy atom. The highest BCUT2D eigenvalue weighted by Crippen LogP contribution is 2.25. The summed E-state index contributed by atoms with van der Waals surface area (Å²) in [6.07, 6.45) is 0. The van der Waals surface area contributed by atoms with Crippen LogP contribution in [0.3, 0.4) is 0 Å². The van der Waals surface area contributed by atoms with E-state index in [1.165, 1.54) is 0 Å². The summed E-state index contributed by atoms with van der Waals surface area (Å²) >= 11 is 0. The molecule has 0 aromatic heterocycles. The third-order valence-electron chi connectivity index (χ3n) is 3.29. The van der Waals surface area contributed by atoms with Gasteiger partial charge in [0.2, 0.25) is 5.91 Å². The molecule has 0 aliphatic carbocycles. The average Bonchev–Trinajstić information content (AvgIpc) is 2.58. The van der Waals surface area contributed by atoms with E-state index in [2.05, 4.69) is 5.32 Å². The maximum Gasteiger partial charge on any atom is 0.228 e. The van der Waals surface area contributed by atoms with Crippen molar-refractivity contribution in [1.29, 1.82) is 0 Å². The van der Waals surface area contributed by atoms with E-state index in [-0.39, 0.29) is 24.2 Å². The number of halogens is 1. The number of amides is 1. The Kier molecular flexibility index (Phi) is 8.09. The van der Waals surface area contributed by atoms with E-state index in [1.807, 2.05) is 31.2 Å². The molecule has 0 bridgehead atoms. The molecule has 1 unspecified atom stereocenters. The fourth-order valence-corrected chi connectivity index (χ4v) is 1.89. The normalized spacial score (nSPS) is 11.1. The van der Waals surface area contributed by atoms with Crippen LogP contribution in [0.1, 0.15) is 13.8 Å². The van der Waals surface area contributed by atoms with Gasteiger partial charge in [-0.05, 0) is 55.5 Å². The molecule has 130 valence electrons. The number of rotatable bonds is 7. The number of hydrogen-bond acceptors (Lipinski definition) is 4. The van der Waals surface area contributed by atoms with Crippen molar-refractivity contribution in [3.63, 3.8) is 0 Å². The number of carbonyl (C=O) groups is 1. The smallest absolute Gasteiger partial charge is 0.228 e. The lowest BCUT2D eigenvalue weighted by atomic mass is 10.1. The third-order valence-corrected chi connectivity index (χ3v) is 3.29. The molecule has 6 heteroatoms. The number of carbonyl (C=O) groups excluding carboxylic acids is 1. The first-order chi connectivity index (χ1) is 11.1. The van der Waals surface area contributed by atoms with Crippen LogP contribution in [-0.4, -0.2) is 19.1 Å². The maximum atomic E-state index is 11.8. The van der Waals surface area contributed by atoms with Gasteiger partial charge in [-0.1, -0.05) is 6.92 Å². The number of benzene rings is 2. The molecule has 5 nitrogen and oxygen atoms in total. The molecule has 0 radical (unpaired) electrons. The van der Waals surface area contributed by atoms with E-state index in [4.69, 9.17) is 15.2 Å². The van der Waals surface area contributed by atoms with Gasteiger partial charge in [0.25, 0.3) is 0 Å². The van der Waals surface area contributed by atoms with Gasteiger partial charge in [-0.2, -0.15) is 0 Å². The Labute approximate surface area is 148 Å². The van der Waals surface area contributed by atoms with Crippen LogP contribution in [0.4, 0.5) is 5.69 Å². The molecule has 0 aliphatic heterocycles. The van der Waals surface area contributed by atoms with Crippen molar-refractivity contribution in [3.8, 4) is 17.2 Å². The summed E-state index contributed by atoms with van der Waals surface area (Å²) in [6, 6.07) is 14.6. The summed E-state index contributed by atoms with van der Waals surface area (Å²) in [5.74, 6) is 1.93. The van der Waals surface area contributed by atoms with Crippen LogP contribution < -0.4 is 20.5 Å². The van der Waals surface area contributed by atoms with Crippen LogP contribution in [-0.2, 0) is 4.79 Å². The monoisotopic (exact) mass is 350 g/mol. The van der Waals surface area contributed by atoms with Crippen molar-refractivity contribution in [2.45, 2.75) is 13.8 Å². The molecule has 0 fully saturated rings. The number of ether oxygens (including phenoxy) is 2. The maximum absolute atomic E-state index is 11.8. The molecule has 2 aromatic carbocycles. The van der Waals surface area contributed by atoms with Gasteiger partial charge in [0.1, 0.15) is 17.2 Å². The number of anilines is 1. The predicted molar refractivity (Wildman–Crippen MR) is 98.2 cm³/mol. The molecule has 0 spiro atoms. The minimum atomic E-state index is -0.213. The average molecular weight is 351 g/mol. The summed E-state index contributed by atoms with van der Waals surface area (Å²) in [5.41, 5.74) is 6.19. The highest BCUT2D eigenvalue weighted by Gasteiger charge is 2.10. The Morgan fingerprint density at radius 2 is 1.54 bits per heavy atom. The first-order valence-corrected chi connectivity index (χ1v) is 7.64. The summed E-state index contributed by atoms with van der Waals surface area (Å²) < 4.78 is 11.1. The Hall–Kier alpha value is -2.24. The molecule has 0 saturated carbocycles. The number of nitrogens with one attached hydrogen (secondary N) is 1. The van der Waals surface area contributed by atoms with Crippen molar-refractivity contribution in [2.24, 2.45) is 11.7 Å². The zero-order valence-electron chi connectivity index (χ0n) is 13.8. The second-order valence-corrected chi connectivity index (χ2v) is 5.16. The Bertz CT molecular complexity index is 630. The van der Waals surface area contributed by atoms with Gasteiger partial charge in [-0.3, -0.25) is 4.79 Å². The molecule has 0 saturated heterocycles. The quantitative estimate of drug-likeness (QED) is 0.795. The fraction of sp³-hybridized carbons (Fsp3) is 0.278. The van der Waals surface area contributed by atoms with Gasteiger partial charge >= 0.3 is 0 Å². The highest BCUT2D eigenvalue weighted by molar-refractivity contribution is 5.92. The van der Waals surface area contributed by atoms with Gasteiger partial charge in [-0.15, -0.1) is 12.4 Å². The van der Waals surface area contributed by atoms with Crippen LogP contribution in [0.15, 0.2) is 48.5 Å². The molecule has 1 amide bonds. The van der Waals surface area contributed by atoms with E-state index >= 15 is 0 Å². The summed E-state index contributed by atoms with van der Waals surface area (Å²) in [7, 11) is 0. The first kappa shape index (κ1) is 19.8. The lowest BCUT2D eigenvalue weighted by Crippen LogP contribution is -2.26. The van der Waals surface area contributed by atoms with Gasteiger partial charge in [-0.25, -0.2) is 0 Å². The summed E-state index contributed by atoms with van der Waals surface area (Å²) in [4.78, 5) is 11.8. The molecule has 0 aliphatic rings. The highest BCUT2D eigenvalue weighted by atomic mass is 35.5. The molecule has 0 heterocycles. The molecule has 3 N–H and O–H groups in total. The molecular formula is C18H23ClN2O3. The summed E-state index contributed by atoms with van der Waals surface area (Å²) in [5, 5.41) is 2.81. The van der Waals surface area contributed by atoms with Crippen LogP contribution in [0.5, 0.6) is 17.2 Å². The minimum absolute atomic E-state index is 0. The van der Waals surface area contributed by atoms with Crippen molar-refractivity contribution in [3.05, 3.63) is 48.5 Å². The van der Waals surface area contributed by atoms with Gasteiger partial charge in [0.15, 0.2) is 0 Å². The third kappa shape index (κ3) is 5.76. The minimum Gasteiger partial charge on any atom is -0.494 e. The van der Waals surface area contributed by atoms with E-state index in [0.29, 0.717) is 24.6 Å². The van der Waals surface area contributed by atoms with Crippen molar-refractivity contribution < 1.29 is 14.3 Å². The SMILES string of the molecule is CCOc1ccc(Oc2ccc(NC(=O)C(C)CN)cc2)cc1.Cl. The van der Waals surface area contributed by atoms with E-state index < -0.39 is 0 Å². The number of nitrogens with two attached hydrogens (primary N) is 1. The van der Waals surface area contributed by atoms with Gasteiger partial charge < -0.3 is 20.5 Å². The van der Waals surface area contributed by atoms with Crippen molar-refractivity contribution >= 4 is 24.0 Å². The Balaban J connectivity index is 0.00000288. The lowest BCUT2D eigenvalue weighted by molar-refractivity contribution is -0.119. The molecular weight excluding hydrogens is 328 g/mol. The second-order valence-electron chi connectivity index (χ2n) is 5.16. The molecule has 2 rings (SSSR count). The predicted octanol–water partition coefficient (Wildman–Crippen LogP) is 3.83. The number of hydrogen-bond donors (Lipinski definition) is 2. The molecule has 24 heavy (non-hydrogen) atoms. The Morgan fingerprint density at radius 1 is 1.04 bits per heavy atom. The summed E-state index contributed by atoms with van der Waals surface area (Å²) in [6.45, 7) is 4.69. The van der Waals surface area contributed by atoms with Crippen molar-refractivity contribution in [2.75, 3.05) is 18.5 Å². The standard InChI is InChI=1S/C18H22N2O3.ClH/c1-3-22-15-8-10-17(11-9-15)23-16-6-4-14(5-7-16)20-18(21)13(2)12-19;/h4-11,13H,3,12,19H2,1-2H3,(H,20,21);1H. The molecule has 1 atom stereocenters. The first-order valence-electron chi connectivity index (χ1n) is 7.64. The zero-order valence-corrected chi connectivity index (χ0v) is 14.6. The van der Waals surface area contributed by atoms with Crippen LogP contribution in [0, 0.1) is 5.92 Å². The lowest BCUT2D eigenvalue weighted by Gasteiger charge is -2.11. The molecule has 2 aromatic rings. The van der Waals surface area contributed by atoms with E-state index in [1.54, 1.807) is 31.2 Å². The van der Waals surface area contributed by atoms with Gasteiger partial charge in [0.05, 0.1) is 6.61 Å². The van der Waals surface area contributed by atoms with E-state index in [9.17, 15) is 4.79 Å². The van der Waals surface area contributed by atoms with Crippen LogP contribution in [0.25, 0.3) is 0 Å². The second kappa shape index (κ2) is 9.80. The fourth-order valence-electron chi connectivity index (χ4n) is 1.89. The van der Waals surface area contributed by atoms with Crippen LogP contribution >= 0.6 is 12.4 Å².